The molecule has 0 saturated carbocycles. The van der Waals surface area contributed by atoms with Crippen molar-refractivity contribution in [1.82, 2.24) is 4.98 Å². The number of methoxy groups -OCH3 is 4. The topological polar surface area (TPSA) is 107 Å². The summed E-state index contributed by atoms with van der Waals surface area (Å²) in [7, 11) is 6.13. The Balaban J connectivity index is 1.77. The van der Waals surface area contributed by atoms with E-state index in [1.54, 1.807) is 62.8 Å². The molecule has 1 N–H and O–H groups in total. The van der Waals surface area contributed by atoms with Crippen LogP contribution in [0, 0.1) is 6.92 Å². The summed E-state index contributed by atoms with van der Waals surface area (Å²) in [5.41, 5.74) is 2.13. The first-order valence-electron chi connectivity index (χ1n) is 11.9. The molecule has 2 heterocycles. The normalized spacial score (nSPS) is 16.5. The minimum atomic E-state index is -1.04. The maximum atomic E-state index is 13.6. The number of aliphatic hydroxyl groups is 1. The van der Waals surface area contributed by atoms with Crippen LogP contribution in [-0.4, -0.2) is 50.2 Å². The van der Waals surface area contributed by atoms with Gasteiger partial charge in [0.1, 0.15) is 34.8 Å². The third-order valence-corrected chi connectivity index (χ3v) is 7.65. The Morgan fingerprint density at radius 2 is 1.54 bits per heavy atom. The zero-order valence-corrected chi connectivity index (χ0v) is 22.8. The van der Waals surface area contributed by atoms with Gasteiger partial charge in [0.25, 0.3) is 5.78 Å². The van der Waals surface area contributed by atoms with Crippen molar-refractivity contribution in [3.05, 3.63) is 76.9 Å². The summed E-state index contributed by atoms with van der Waals surface area (Å²) >= 11 is 1.24. The molecule has 1 amide bonds. The Labute approximate surface area is 228 Å². The van der Waals surface area contributed by atoms with Crippen molar-refractivity contribution >= 4 is 44.1 Å². The Morgan fingerprint density at radius 1 is 0.872 bits per heavy atom. The number of aliphatic hydroxyl groups excluding tert-OH is 1. The summed E-state index contributed by atoms with van der Waals surface area (Å²) in [6.07, 6.45) is 0. The maximum Gasteiger partial charge on any atom is 0.301 e. The van der Waals surface area contributed by atoms with E-state index in [0.717, 1.165) is 10.3 Å². The average Bonchev–Trinajstić information content (AvgIpc) is 3.49. The molecule has 1 aliphatic rings. The van der Waals surface area contributed by atoms with E-state index in [9.17, 15) is 14.7 Å². The van der Waals surface area contributed by atoms with E-state index in [-0.39, 0.29) is 11.3 Å². The highest BCUT2D eigenvalue weighted by Crippen LogP contribution is 2.47. The number of benzene rings is 3. The van der Waals surface area contributed by atoms with Gasteiger partial charge in [0.15, 0.2) is 5.13 Å². The highest BCUT2D eigenvalue weighted by molar-refractivity contribution is 7.22. The molecule has 1 aliphatic heterocycles. The van der Waals surface area contributed by atoms with E-state index in [1.807, 2.05) is 13.0 Å². The van der Waals surface area contributed by atoms with Crippen molar-refractivity contribution in [3.63, 3.8) is 0 Å². The largest absolute Gasteiger partial charge is 0.507 e. The predicted octanol–water partition coefficient (Wildman–Crippen LogP) is 5.27. The molecule has 5 rings (SSSR count). The highest BCUT2D eigenvalue weighted by Gasteiger charge is 2.49. The molecular formula is C29H26N2O7S. The lowest BCUT2D eigenvalue weighted by molar-refractivity contribution is -0.132. The number of nitrogens with zero attached hydrogens (tertiary/aromatic N) is 2. The number of hydrogen-bond donors (Lipinski definition) is 1. The molecule has 1 atom stereocenters. The van der Waals surface area contributed by atoms with Crippen molar-refractivity contribution < 1.29 is 33.6 Å². The number of amides is 1. The summed E-state index contributed by atoms with van der Waals surface area (Å²) in [6.45, 7) is 1.83. The van der Waals surface area contributed by atoms with E-state index in [2.05, 4.69) is 4.98 Å². The number of ketones is 1. The van der Waals surface area contributed by atoms with Gasteiger partial charge in [-0.05, 0) is 67.1 Å². The van der Waals surface area contributed by atoms with Crippen LogP contribution in [-0.2, 0) is 9.59 Å². The predicted molar refractivity (Wildman–Crippen MR) is 148 cm³/mol. The second kappa shape index (κ2) is 10.3. The van der Waals surface area contributed by atoms with Gasteiger partial charge < -0.3 is 24.1 Å². The molecule has 1 fully saturated rings. The molecule has 0 radical (unpaired) electrons. The lowest BCUT2D eigenvalue weighted by Gasteiger charge is -2.25. The molecule has 0 spiro atoms. The van der Waals surface area contributed by atoms with Gasteiger partial charge in [-0.25, -0.2) is 4.98 Å². The zero-order valence-electron chi connectivity index (χ0n) is 22.0. The number of Topliss-reactive ketones (excluding diaryl/α,β-unsaturated/α-hetero) is 1. The lowest BCUT2D eigenvalue weighted by Crippen LogP contribution is -2.29. The highest BCUT2D eigenvalue weighted by atomic mass is 32.1. The first kappa shape index (κ1) is 26.1. The second-order valence-corrected chi connectivity index (χ2v) is 9.80. The smallest absolute Gasteiger partial charge is 0.301 e. The first-order valence-corrected chi connectivity index (χ1v) is 12.8. The van der Waals surface area contributed by atoms with Crippen LogP contribution in [0.2, 0.25) is 0 Å². The van der Waals surface area contributed by atoms with Crippen LogP contribution in [0.5, 0.6) is 23.0 Å². The Hall–Kier alpha value is -4.57. The summed E-state index contributed by atoms with van der Waals surface area (Å²) in [5, 5.41) is 11.8. The van der Waals surface area contributed by atoms with Crippen LogP contribution in [0.3, 0.4) is 0 Å². The van der Waals surface area contributed by atoms with E-state index in [0.29, 0.717) is 44.8 Å². The third kappa shape index (κ3) is 4.42. The quantitative estimate of drug-likeness (QED) is 0.190. The fourth-order valence-electron chi connectivity index (χ4n) is 4.68. The molecule has 4 aromatic rings. The first-order chi connectivity index (χ1) is 18.8. The minimum absolute atomic E-state index is 0.0899. The Kier molecular flexibility index (Phi) is 6.88. The van der Waals surface area contributed by atoms with Gasteiger partial charge in [-0.1, -0.05) is 11.3 Å². The molecule has 0 aliphatic carbocycles. The monoisotopic (exact) mass is 546 g/mol. The molecular weight excluding hydrogens is 520 g/mol. The molecule has 10 heteroatoms. The number of hydrogen-bond acceptors (Lipinski definition) is 9. The van der Waals surface area contributed by atoms with E-state index in [4.69, 9.17) is 18.9 Å². The summed E-state index contributed by atoms with van der Waals surface area (Å²) in [5.74, 6) is 0.191. The van der Waals surface area contributed by atoms with E-state index in [1.165, 1.54) is 30.5 Å². The molecule has 200 valence electrons. The standard InChI is InChI=1S/C29H26N2O7S/c1-15-12-16(6-10-21(15)37-4)26(32)24-25(19-13-17(35-2)8-11-22(19)38-5)31(28(34)27(24)33)29-30-20-9-7-18(36-3)14-23(20)39-29/h6-14,25,32H,1-5H3. The number of aryl methyl sites for hydroxylation is 1. The van der Waals surface area contributed by atoms with Crippen LogP contribution in [0.25, 0.3) is 16.0 Å². The molecule has 9 nitrogen and oxygen atoms in total. The number of fused-ring (bicyclic) bond motifs is 1. The number of rotatable bonds is 7. The molecule has 1 unspecified atom stereocenters. The van der Waals surface area contributed by atoms with Crippen LogP contribution in [0.1, 0.15) is 22.7 Å². The van der Waals surface area contributed by atoms with Gasteiger partial charge in [-0.2, -0.15) is 0 Å². The van der Waals surface area contributed by atoms with Gasteiger partial charge in [0.2, 0.25) is 0 Å². The van der Waals surface area contributed by atoms with Crippen LogP contribution in [0.15, 0.2) is 60.2 Å². The van der Waals surface area contributed by atoms with Crippen LogP contribution < -0.4 is 23.8 Å². The van der Waals surface area contributed by atoms with Crippen molar-refractivity contribution in [1.29, 1.82) is 0 Å². The second-order valence-electron chi connectivity index (χ2n) is 8.79. The Morgan fingerprint density at radius 3 is 2.21 bits per heavy atom. The van der Waals surface area contributed by atoms with Crippen molar-refractivity contribution in [3.8, 4) is 23.0 Å². The third-order valence-electron chi connectivity index (χ3n) is 6.63. The van der Waals surface area contributed by atoms with Gasteiger partial charge in [0, 0.05) is 11.1 Å². The molecule has 0 bridgehead atoms. The van der Waals surface area contributed by atoms with Gasteiger partial charge in [-0.3, -0.25) is 14.5 Å². The van der Waals surface area contributed by atoms with Crippen molar-refractivity contribution in [2.24, 2.45) is 0 Å². The van der Waals surface area contributed by atoms with Crippen LogP contribution in [0.4, 0.5) is 5.13 Å². The fraction of sp³-hybridized carbons (Fsp3) is 0.207. The summed E-state index contributed by atoms with van der Waals surface area (Å²) in [4.78, 5) is 33.2. The number of ether oxygens (including phenoxy) is 4. The van der Waals surface area contributed by atoms with E-state index >= 15 is 0 Å². The Bertz CT molecular complexity index is 1640. The SMILES string of the molecule is COc1ccc(OC)c(C2C(=C(O)c3ccc(OC)c(C)c3)C(=O)C(=O)N2c2nc3ccc(OC)cc3s2)c1. The van der Waals surface area contributed by atoms with Gasteiger partial charge in [-0.15, -0.1) is 0 Å². The summed E-state index contributed by atoms with van der Waals surface area (Å²) < 4.78 is 22.5. The molecule has 1 aromatic heterocycles. The number of aromatic nitrogens is 1. The van der Waals surface area contributed by atoms with Crippen LogP contribution >= 0.6 is 11.3 Å². The van der Waals surface area contributed by atoms with Gasteiger partial charge in [0.05, 0.1) is 44.2 Å². The fourth-order valence-corrected chi connectivity index (χ4v) is 5.70. The molecule has 39 heavy (non-hydrogen) atoms. The number of carbonyl (C=O) groups excluding carboxylic acids is 2. The zero-order chi connectivity index (χ0) is 27.8. The number of thiazole rings is 1. The number of anilines is 1. The maximum absolute atomic E-state index is 13.6. The summed E-state index contributed by atoms with van der Waals surface area (Å²) in [6, 6.07) is 14.5. The molecule has 3 aromatic carbocycles. The van der Waals surface area contributed by atoms with Gasteiger partial charge >= 0.3 is 5.91 Å². The average molecular weight is 547 g/mol. The van der Waals surface area contributed by atoms with Crippen molar-refractivity contribution in [2.75, 3.05) is 33.3 Å². The minimum Gasteiger partial charge on any atom is -0.507 e. The molecule has 1 saturated heterocycles. The lowest BCUT2D eigenvalue weighted by atomic mass is 9.94. The number of carbonyl (C=O) groups is 2. The van der Waals surface area contributed by atoms with E-state index < -0.39 is 17.7 Å². The van der Waals surface area contributed by atoms with Crippen molar-refractivity contribution in [2.45, 2.75) is 13.0 Å².